The standard InChI is InChI=1S/C20H14ClN3O2/c21-15-6-9-19-23-17(12-24(19)11-15)13-26-20(25)10-8-16-7-5-14-3-1-2-4-18(14)22-16/h1-12H,13H2/b10-8+. The first kappa shape index (κ1) is 16.3. The summed E-state index contributed by atoms with van der Waals surface area (Å²) < 4.78 is 7.03. The Bertz CT molecular complexity index is 1130. The van der Waals surface area contributed by atoms with Gasteiger partial charge in [0.2, 0.25) is 0 Å². The van der Waals surface area contributed by atoms with Crippen LogP contribution in [0.2, 0.25) is 5.02 Å². The topological polar surface area (TPSA) is 56.5 Å². The second-order valence-electron chi connectivity index (χ2n) is 5.71. The minimum absolute atomic E-state index is 0.0909. The first-order chi connectivity index (χ1) is 12.7. The fraction of sp³-hybridized carbons (Fsp3) is 0.0500. The predicted octanol–water partition coefficient (Wildman–Crippen LogP) is 4.29. The van der Waals surface area contributed by atoms with Crippen molar-refractivity contribution in [3.8, 4) is 0 Å². The minimum Gasteiger partial charge on any atom is -0.456 e. The number of pyridine rings is 2. The van der Waals surface area contributed by atoms with Crippen molar-refractivity contribution in [3.63, 3.8) is 0 Å². The number of rotatable bonds is 4. The number of hydrogen-bond donors (Lipinski definition) is 0. The molecule has 4 aromatic rings. The maximum Gasteiger partial charge on any atom is 0.331 e. The molecule has 0 unspecified atom stereocenters. The van der Waals surface area contributed by atoms with Gasteiger partial charge in [0.1, 0.15) is 12.3 Å². The van der Waals surface area contributed by atoms with Crippen LogP contribution < -0.4 is 0 Å². The third-order valence-electron chi connectivity index (χ3n) is 3.84. The van der Waals surface area contributed by atoms with Crippen molar-refractivity contribution in [2.24, 2.45) is 0 Å². The van der Waals surface area contributed by atoms with Crippen molar-refractivity contribution < 1.29 is 9.53 Å². The number of aromatic nitrogens is 3. The van der Waals surface area contributed by atoms with Crippen LogP contribution in [0.3, 0.4) is 0 Å². The Kier molecular flexibility index (Phi) is 4.37. The van der Waals surface area contributed by atoms with E-state index in [9.17, 15) is 4.79 Å². The van der Waals surface area contributed by atoms with Gasteiger partial charge in [0.15, 0.2) is 0 Å². The molecule has 0 radical (unpaired) electrons. The van der Waals surface area contributed by atoms with Crippen molar-refractivity contribution in [2.45, 2.75) is 6.61 Å². The Morgan fingerprint density at radius 1 is 1.08 bits per heavy atom. The lowest BCUT2D eigenvalue weighted by Gasteiger charge is -1.99. The van der Waals surface area contributed by atoms with Crippen LogP contribution in [0.15, 0.2) is 67.0 Å². The average Bonchev–Trinajstić information content (AvgIpc) is 3.06. The number of carbonyl (C=O) groups is 1. The van der Waals surface area contributed by atoms with E-state index in [1.165, 1.54) is 6.08 Å². The molecule has 0 bridgehead atoms. The lowest BCUT2D eigenvalue weighted by molar-refractivity contribution is -0.139. The summed E-state index contributed by atoms with van der Waals surface area (Å²) in [5, 5.41) is 1.67. The molecular weight excluding hydrogens is 350 g/mol. The summed E-state index contributed by atoms with van der Waals surface area (Å²) in [6, 6.07) is 15.2. The molecule has 0 fully saturated rings. The van der Waals surface area contributed by atoms with Crippen LogP contribution in [0.4, 0.5) is 0 Å². The molecule has 4 rings (SSSR count). The van der Waals surface area contributed by atoms with E-state index < -0.39 is 5.97 Å². The highest BCUT2D eigenvalue weighted by molar-refractivity contribution is 6.30. The highest BCUT2D eigenvalue weighted by atomic mass is 35.5. The van der Waals surface area contributed by atoms with Crippen molar-refractivity contribution in [2.75, 3.05) is 0 Å². The molecule has 128 valence electrons. The summed E-state index contributed by atoms with van der Waals surface area (Å²) in [5.74, 6) is -0.449. The van der Waals surface area contributed by atoms with Crippen LogP contribution in [0.25, 0.3) is 22.6 Å². The zero-order valence-electron chi connectivity index (χ0n) is 13.7. The molecule has 3 aromatic heterocycles. The highest BCUT2D eigenvalue weighted by Crippen LogP contribution is 2.14. The van der Waals surface area contributed by atoms with Crippen LogP contribution in [0.5, 0.6) is 0 Å². The van der Waals surface area contributed by atoms with E-state index in [0.29, 0.717) is 16.4 Å². The Balaban J connectivity index is 1.41. The molecule has 0 aliphatic heterocycles. The molecule has 0 saturated carbocycles. The fourth-order valence-corrected chi connectivity index (χ4v) is 2.78. The summed E-state index contributed by atoms with van der Waals surface area (Å²) >= 11 is 5.94. The average molecular weight is 364 g/mol. The zero-order chi connectivity index (χ0) is 17.9. The van der Waals surface area contributed by atoms with Gasteiger partial charge >= 0.3 is 5.97 Å². The normalized spacial score (nSPS) is 11.4. The van der Waals surface area contributed by atoms with E-state index in [0.717, 1.165) is 16.6 Å². The Morgan fingerprint density at radius 2 is 1.96 bits per heavy atom. The number of esters is 1. The summed E-state index contributed by atoms with van der Waals surface area (Å²) in [7, 11) is 0. The number of nitrogens with zero attached hydrogens (tertiary/aromatic N) is 3. The van der Waals surface area contributed by atoms with E-state index in [1.54, 1.807) is 35.0 Å². The highest BCUT2D eigenvalue weighted by Gasteiger charge is 2.05. The van der Waals surface area contributed by atoms with Crippen LogP contribution >= 0.6 is 11.6 Å². The number of carbonyl (C=O) groups excluding carboxylic acids is 1. The van der Waals surface area contributed by atoms with Crippen LogP contribution in [-0.2, 0) is 16.1 Å². The molecular formula is C20H14ClN3O2. The van der Waals surface area contributed by atoms with E-state index in [1.807, 2.05) is 36.4 Å². The maximum atomic E-state index is 11.9. The van der Waals surface area contributed by atoms with Crippen molar-refractivity contribution in [3.05, 3.63) is 83.4 Å². The summed E-state index contributed by atoms with van der Waals surface area (Å²) in [5.41, 5.74) is 2.98. The van der Waals surface area contributed by atoms with Gasteiger partial charge in [-0.2, -0.15) is 0 Å². The van der Waals surface area contributed by atoms with Crippen LogP contribution in [0.1, 0.15) is 11.4 Å². The van der Waals surface area contributed by atoms with Gasteiger partial charge in [0, 0.05) is 23.9 Å². The van der Waals surface area contributed by atoms with Gasteiger partial charge < -0.3 is 9.14 Å². The van der Waals surface area contributed by atoms with Gasteiger partial charge in [-0.3, -0.25) is 0 Å². The summed E-state index contributed by atoms with van der Waals surface area (Å²) in [6.45, 7) is 0.0909. The molecule has 0 aliphatic carbocycles. The molecule has 0 aliphatic rings. The van der Waals surface area contributed by atoms with E-state index in [2.05, 4.69) is 9.97 Å². The lowest BCUT2D eigenvalue weighted by atomic mass is 10.2. The smallest absolute Gasteiger partial charge is 0.331 e. The van der Waals surface area contributed by atoms with Gasteiger partial charge in [-0.1, -0.05) is 35.9 Å². The number of imidazole rings is 1. The second kappa shape index (κ2) is 6.98. The zero-order valence-corrected chi connectivity index (χ0v) is 14.4. The van der Waals surface area contributed by atoms with Gasteiger partial charge in [-0.25, -0.2) is 14.8 Å². The van der Waals surface area contributed by atoms with Gasteiger partial charge in [-0.15, -0.1) is 0 Å². The SMILES string of the molecule is O=C(/C=C/c1ccc2ccccc2n1)OCc1cn2cc(Cl)ccc2n1. The summed E-state index contributed by atoms with van der Waals surface area (Å²) in [6.07, 6.45) is 6.53. The molecule has 0 amide bonds. The molecule has 26 heavy (non-hydrogen) atoms. The molecule has 3 heterocycles. The Hall–Kier alpha value is -3.18. The maximum absolute atomic E-state index is 11.9. The number of hydrogen-bond acceptors (Lipinski definition) is 4. The molecule has 5 nitrogen and oxygen atoms in total. The van der Waals surface area contributed by atoms with Gasteiger partial charge in [-0.05, 0) is 30.3 Å². The molecule has 1 aromatic carbocycles. The first-order valence-electron chi connectivity index (χ1n) is 8.01. The Labute approximate surface area is 154 Å². The number of fused-ring (bicyclic) bond motifs is 2. The molecule has 0 saturated heterocycles. The fourth-order valence-electron chi connectivity index (χ4n) is 2.61. The largest absolute Gasteiger partial charge is 0.456 e. The number of halogens is 1. The van der Waals surface area contributed by atoms with E-state index >= 15 is 0 Å². The van der Waals surface area contributed by atoms with Gasteiger partial charge in [0.05, 0.1) is 21.9 Å². The first-order valence-corrected chi connectivity index (χ1v) is 8.39. The van der Waals surface area contributed by atoms with Crippen molar-refractivity contribution in [1.82, 2.24) is 14.4 Å². The number of benzene rings is 1. The quantitative estimate of drug-likeness (QED) is 0.401. The lowest BCUT2D eigenvalue weighted by Crippen LogP contribution is -2.01. The van der Waals surface area contributed by atoms with Gasteiger partial charge in [0.25, 0.3) is 0 Å². The molecule has 6 heteroatoms. The molecule has 0 N–H and O–H groups in total. The monoisotopic (exact) mass is 363 g/mol. The van der Waals surface area contributed by atoms with Crippen LogP contribution in [-0.4, -0.2) is 20.3 Å². The van der Waals surface area contributed by atoms with Crippen molar-refractivity contribution in [1.29, 1.82) is 0 Å². The third kappa shape index (κ3) is 3.58. The predicted molar refractivity (Wildman–Crippen MR) is 101 cm³/mol. The minimum atomic E-state index is -0.449. The van der Waals surface area contributed by atoms with Crippen molar-refractivity contribution >= 4 is 40.2 Å². The third-order valence-corrected chi connectivity index (χ3v) is 4.06. The Morgan fingerprint density at radius 3 is 2.88 bits per heavy atom. The molecule has 0 atom stereocenters. The molecule has 0 spiro atoms. The summed E-state index contributed by atoms with van der Waals surface area (Å²) in [4.78, 5) is 20.8. The van der Waals surface area contributed by atoms with E-state index in [4.69, 9.17) is 16.3 Å². The number of para-hydroxylation sites is 1. The second-order valence-corrected chi connectivity index (χ2v) is 6.15. The number of ether oxygens (including phenoxy) is 1. The van der Waals surface area contributed by atoms with E-state index in [-0.39, 0.29) is 6.61 Å². The van der Waals surface area contributed by atoms with Crippen LogP contribution in [0, 0.1) is 0 Å².